The van der Waals surface area contributed by atoms with Crippen molar-refractivity contribution in [2.24, 2.45) is 0 Å². The zero-order chi connectivity index (χ0) is 16.2. The van der Waals surface area contributed by atoms with Crippen LogP contribution in [0.2, 0.25) is 5.02 Å². The second-order valence-electron chi connectivity index (χ2n) is 5.84. The Morgan fingerprint density at radius 2 is 2.00 bits per heavy atom. The van der Waals surface area contributed by atoms with Gasteiger partial charge in [0.05, 0.1) is 5.02 Å². The Bertz CT molecular complexity index is 618. The Labute approximate surface area is 141 Å². The zero-order valence-electron chi connectivity index (χ0n) is 13.3. The topological polar surface area (TPSA) is 42.0 Å². The molecule has 0 aliphatic carbocycles. The van der Waals surface area contributed by atoms with E-state index in [1.165, 1.54) is 0 Å². The van der Waals surface area contributed by atoms with Gasteiger partial charge in [0.2, 0.25) is 5.91 Å². The van der Waals surface area contributed by atoms with Crippen LogP contribution in [0.25, 0.3) is 6.08 Å². The Morgan fingerprint density at radius 3 is 2.87 bits per heavy atom. The number of likely N-dealkylation sites (N-methyl/N-ethyl adjacent to an activating group) is 1. The van der Waals surface area contributed by atoms with Crippen molar-refractivity contribution < 1.29 is 14.3 Å². The van der Waals surface area contributed by atoms with Crippen LogP contribution in [0.3, 0.4) is 0 Å². The third-order valence-corrected chi connectivity index (χ3v) is 4.35. The Kier molecular flexibility index (Phi) is 5.08. The summed E-state index contributed by atoms with van der Waals surface area (Å²) in [5, 5.41) is 0.505. The fraction of sp³-hybridized carbons (Fsp3) is 0.471. The van der Waals surface area contributed by atoms with Gasteiger partial charge >= 0.3 is 0 Å². The highest BCUT2D eigenvalue weighted by atomic mass is 35.5. The molecule has 1 aromatic rings. The van der Waals surface area contributed by atoms with E-state index < -0.39 is 0 Å². The number of amides is 1. The Morgan fingerprint density at radius 1 is 1.17 bits per heavy atom. The van der Waals surface area contributed by atoms with Crippen LogP contribution >= 0.6 is 11.6 Å². The monoisotopic (exact) mass is 336 g/mol. The Hall–Kier alpha value is -1.72. The normalized spacial score (nSPS) is 19.0. The summed E-state index contributed by atoms with van der Waals surface area (Å²) in [5.74, 6) is 1.25. The minimum Gasteiger partial charge on any atom is -0.486 e. The van der Waals surface area contributed by atoms with E-state index in [4.69, 9.17) is 21.1 Å². The van der Waals surface area contributed by atoms with Gasteiger partial charge in [0.25, 0.3) is 0 Å². The molecule has 2 aliphatic heterocycles. The lowest BCUT2D eigenvalue weighted by Gasteiger charge is -2.20. The maximum Gasteiger partial charge on any atom is 0.246 e. The number of halogens is 1. The quantitative estimate of drug-likeness (QED) is 0.777. The van der Waals surface area contributed by atoms with Crippen LogP contribution < -0.4 is 9.47 Å². The van der Waals surface area contributed by atoms with E-state index in [1.807, 2.05) is 11.0 Å². The smallest absolute Gasteiger partial charge is 0.246 e. The lowest BCUT2D eigenvalue weighted by atomic mass is 10.1. The highest BCUT2D eigenvalue weighted by Crippen LogP contribution is 2.38. The molecular formula is C17H21ClN2O3. The van der Waals surface area contributed by atoms with E-state index >= 15 is 0 Å². The number of rotatable bonds is 2. The summed E-state index contributed by atoms with van der Waals surface area (Å²) in [7, 11) is 2.08. The molecule has 0 saturated carbocycles. The molecule has 2 heterocycles. The van der Waals surface area contributed by atoms with Gasteiger partial charge in [0.1, 0.15) is 13.2 Å². The number of ether oxygens (including phenoxy) is 2. The first-order valence-corrected chi connectivity index (χ1v) is 8.26. The maximum absolute atomic E-state index is 12.3. The maximum atomic E-state index is 12.3. The van der Waals surface area contributed by atoms with Crippen LogP contribution in [0, 0.1) is 0 Å². The summed E-state index contributed by atoms with van der Waals surface area (Å²) < 4.78 is 11.0. The van der Waals surface area contributed by atoms with Crippen molar-refractivity contribution in [3.63, 3.8) is 0 Å². The van der Waals surface area contributed by atoms with Crippen molar-refractivity contribution in [1.82, 2.24) is 9.80 Å². The molecule has 1 amide bonds. The number of hydrogen-bond acceptors (Lipinski definition) is 4. The summed E-state index contributed by atoms with van der Waals surface area (Å²) >= 11 is 6.21. The van der Waals surface area contributed by atoms with Crippen LogP contribution in [0.5, 0.6) is 11.5 Å². The van der Waals surface area contributed by atoms with Gasteiger partial charge in [-0.05, 0) is 43.8 Å². The number of benzene rings is 1. The fourth-order valence-electron chi connectivity index (χ4n) is 2.77. The number of fused-ring (bicyclic) bond motifs is 1. The second kappa shape index (κ2) is 7.23. The third kappa shape index (κ3) is 3.98. The van der Waals surface area contributed by atoms with Crippen LogP contribution in [0.1, 0.15) is 12.0 Å². The molecule has 0 aromatic heterocycles. The molecule has 0 N–H and O–H groups in total. The molecule has 0 atom stereocenters. The third-order valence-electron chi connectivity index (χ3n) is 4.07. The van der Waals surface area contributed by atoms with E-state index in [-0.39, 0.29) is 5.91 Å². The standard InChI is InChI=1S/C17H21ClN2O3/c1-19-5-2-6-20(8-7-19)16(21)4-3-13-11-14(18)17-15(12-13)22-9-10-23-17/h3-4,11-12H,2,5-10H2,1H3/b4-3+. The molecular weight excluding hydrogens is 316 g/mol. The Balaban J connectivity index is 1.69. The largest absolute Gasteiger partial charge is 0.486 e. The van der Waals surface area contributed by atoms with Crippen molar-refractivity contribution in [3.05, 3.63) is 28.8 Å². The molecule has 0 spiro atoms. The van der Waals surface area contributed by atoms with Crippen molar-refractivity contribution in [1.29, 1.82) is 0 Å². The summed E-state index contributed by atoms with van der Waals surface area (Å²) in [6, 6.07) is 3.63. The lowest BCUT2D eigenvalue weighted by Crippen LogP contribution is -2.33. The van der Waals surface area contributed by atoms with Gasteiger partial charge in [-0.1, -0.05) is 11.6 Å². The van der Waals surface area contributed by atoms with Crippen molar-refractivity contribution in [2.45, 2.75) is 6.42 Å². The van der Waals surface area contributed by atoms with Crippen LogP contribution in [-0.2, 0) is 4.79 Å². The van der Waals surface area contributed by atoms with Gasteiger partial charge in [-0.2, -0.15) is 0 Å². The summed E-state index contributed by atoms with van der Waals surface area (Å²) in [6.07, 6.45) is 4.39. The molecule has 1 saturated heterocycles. The minimum absolute atomic E-state index is 0.0336. The molecule has 23 heavy (non-hydrogen) atoms. The average molecular weight is 337 g/mol. The van der Waals surface area contributed by atoms with Gasteiger partial charge in [0.15, 0.2) is 11.5 Å². The van der Waals surface area contributed by atoms with Gasteiger partial charge in [-0.15, -0.1) is 0 Å². The SMILES string of the molecule is CN1CCCN(C(=O)/C=C/c2cc(Cl)c3c(c2)OCCO3)CC1. The van der Waals surface area contributed by atoms with E-state index in [9.17, 15) is 4.79 Å². The zero-order valence-corrected chi connectivity index (χ0v) is 14.0. The second-order valence-corrected chi connectivity index (χ2v) is 6.25. The molecule has 124 valence electrons. The molecule has 0 radical (unpaired) electrons. The van der Waals surface area contributed by atoms with E-state index in [2.05, 4.69) is 11.9 Å². The van der Waals surface area contributed by atoms with Crippen LogP contribution in [0.4, 0.5) is 0 Å². The molecule has 5 nitrogen and oxygen atoms in total. The van der Waals surface area contributed by atoms with Gasteiger partial charge in [0, 0.05) is 25.7 Å². The van der Waals surface area contributed by atoms with E-state index in [0.29, 0.717) is 29.7 Å². The van der Waals surface area contributed by atoms with Crippen LogP contribution in [-0.4, -0.2) is 62.1 Å². The molecule has 0 unspecified atom stereocenters. The van der Waals surface area contributed by atoms with Gasteiger partial charge in [-0.25, -0.2) is 0 Å². The lowest BCUT2D eigenvalue weighted by molar-refractivity contribution is -0.125. The number of carbonyl (C=O) groups excluding carboxylic acids is 1. The predicted octanol–water partition coefficient (Wildman–Crippen LogP) is 2.29. The average Bonchev–Trinajstić information content (AvgIpc) is 2.77. The van der Waals surface area contributed by atoms with Gasteiger partial charge in [-0.3, -0.25) is 4.79 Å². The number of hydrogen-bond donors (Lipinski definition) is 0. The molecule has 3 rings (SSSR count). The predicted molar refractivity (Wildman–Crippen MR) is 90.2 cm³/mol. The summed E-state index contributed by atoms with van der Waals surface area (Å²) in [5.41, 5.74) is 0.833. The molecule has 2 aliphatic rings. The summed E-state index contributed by atoms with van der Waals surface area (Å²) in [6.45, 7) is 4.53. The van der Waals surface area contributed by atoms with Gasteiger partial charge < -0.3 is 19.3 Å². The highest BCUT2D eigenvalue weighted by molar-refractivity contribution is 6.32. The fourth-order valence-corrected chi connectivity index (χ4v) is 3.04. The number of nitrogens with zero attached hydrogens (tertiary/aromatic N) is 2. The molecule has 6 heteroatoms. The highest BCUT2D eigenvalue weighted by Gasteiger charge is 2.17. The van der Waals surface area contributed by atoms with Crippen LogP contribution in [0.15, 0.2) is 18.2 Å². The van der Waals surface area contributed by atoms with E-state index in [1.54, 1.807) is 18.2 Å². The molecule has 1 fully saturated rings. The first kappa shape index (κ1) is 16.1. The number of carbonyl (C=O) groups is 1. The molecule has 1 aromatic carbocycles. The van der Waals surface area contributed by atoms with Crippen molar-refractivity contribution in [3.8, 4) is 11.5 Å². The van der Waals surface area contributed by atoms with E-state index in [0.717, 1.165) is 38.2 Å². The minimum atomic E-state index is 0.0336. The summed E-state index contributed by atoms with van der Waals surface area (Å²) in [4.78, 5) is 16.5. The first-order valence-electron chi connectivity index (χ1n) is 7.88. The van der Waals surface area contributed by atoms with Crippen molar-refractivity contribution >= 4 is 23.6 Å². The first-order chi connectivity index (χ1) is 11.1. The molecule has 0 bridgehead atoms. The van der Waals surface area contributed by atoms with Crippen molar-refractivity contribution in [2.75, 3.05) is 46.4 Å².